The predicted octanol–water partition coefficient (Wildman–Crippen LogP) is 3.89. The number of aryl methyl sites for hydroxylation is 2. The zero-order chi connectivity index (χ0) is 12.3. The number of likely N-dealkylation sites (tertiary alicyclic amines) is 1. The van der Waals surface area contributed by atoms with Gasteiger partial charge in [0, 0.05) is 6.54 Å². The SMILES string of the molecule is CCCN1CCC[C@@H](c2ccc(C)cc2C)C1. The van der Waals surface area contributed by atoms with E-state index in [9.17, 15) is 0 Å². The van der Waals surface area contributed by atoms with Gasteiger partial charge in [0.25, 0.3) is 0 Å². The highest BCUT2D eigenvalue weighted by molar-refractivity contribution is 5.33. The molecular weight excluding hydrogens is 206 g/mol. The van der Waals surface area contributed by atoms with Crippen molar-refractivity contribution in [3.05, 3.63) is 34.9 Å². The Hall–Kier alpha value is -0.820. The maximum Gasteiger partial charge on any atom is 0.00504 e. The standard InChI is InChI=1S/C16H25N/c1-4-9-17-10-5-6-15(12-17)16-8-7-13(2)11-14(16)3/h7-8,11,15H,4-6,9-10,12H2,1-3H3/t15-/m1/s1. The molecule has 1 nitrogen and oxygen atoms in total. The van der Waals surface area contributed by atoms with Crippen molar-refractivity contribution in [2.45, 2.75) is 46.0 Å². The van der Waals surface area contributed by atoms with Crippen molar-refractivity contribution in [3.63, 3.8) is 0 Å². The van der Waals surface area contributed by atoms with Crippen LogP contribution in [0.5, 0.6) is 0 Å². The minimum atomic E-state index is 0.760. The Morgan fingerprint density at radius 3 is 2.82 bits per heavy atom. The zero-order valence-corrected chi connectivity index (χ0v) is 11.5. The molecule has 1 aromatic rings. The first-order chi connectivity index (χ1) is 8.20. The van der Waals surface area contributed by atoms with Crippen molar-refractivity contribution < 1.29 is 0 Å². The van der Waals surface area contributed by atoms with Crippen LogP contribution in [0.4, 0.5) is 0 Å². The first kappa shape index (κ1) is 12.6. The van der Waals surface area contributed by atoms with Crippen LogP contribution in [0.25, 0.3) is 0 Å². The third-order valence-electron chi connectivity index (χ3n) is 3.91. The van der Waals surface area contributed by atoms with E-state index in [2.05, 4.69) is 43.9 Å². The number of hydrogen-bond donors (Lipinski definition) is 0. The molecule has 1 aliphatic rings. The lowest BCUT2D eigenvalue weighted by Crippen LogP contribution is -2.35. The van der Waals surface area contributed by atoms with Gasteiger partial charge in [0.2, 0.25) is 0 Å². The monoisotopic (exact) mass is 231 g/mol. The summed E-state index contributed by atoms with van der Waals surface area (Å²) in [5, 5.41) is 0. The molecule has 0 saturated carbocycles. The molecule has 0 amide bonds. The first-order valence-electron chi connectivity index (χ1n) is 7.00. The second-order valence-electron chi connectivity index (χ2n) is 5.50. The van der Waals surface area contributed by atoms with E-state index in [1.807, 2.05) is 0 Å². The van der Waals surface area contributed by atoms with Gasteiger partial charge in [-0.25, -0.2) is 0 Å². The van der Waals surface area contributed by atoms with E-state index >= 15 is 0 Å². The molecule has 2 rings (SSSR count). The quantitative estimate of drug-likeness (QED) is 0.763. The van der Waals surface area contributed by atoms with Crippen molar-refractivity contribution in [2.24, 2.45) is 0 Å². The van der Waals surface area contributed by atoms with Crippen LogP contribution in [-0.4, -0.2) is 24.5 Å². The fourth-order valence-corrected chi connectivity index (χ4v) is 3.11. The summed E-state index contributed by atoms with van der Waals surface area (Å²) in [7, 11) is 0. The van der Waals surface area contributed by atoms with E-state index < -0.39 is 0 Å². The number of nitrogens with zero attached hydrogens (tertiary/aromatic N) is 1. The molecule has 0 N–H and O–H groups in total. The first-order valence-corrected chi connectivity index (χ1v) is 7.00. The lowest BCUT2D eigenvalue weighted by Gasteiger charge is -2.33. The van der Waals surface area contributed by atoms with Gasteiger partial charge in [-0.3, -0.25) is 0 Å². The van der Waals surface area contributed by atoms with Crippen LogP contribution in [0.1, 0.15) is 48.8 Å². The molecule has 0 spiro atoms. The summed E-state index contributed by atoms with van der Waals surface area (Å²) in [4.78, 5) is 2.63. The molecule has 0 aromatic heterocycles. The summed E-state index contributed by atoms with van der Waals surface area (Å²) >= 11 is 0. The molecule has 1 saturated heterocycles. The lowest BCUT2D eigenvalue weighted by atomic mass is 9.87. The Balaban J connectivity index is 2.10. The Bertz CT molecular complexity index is 368. The minimum Gasteiger partial charge on any atom is -0.303 e. The molecule has 17 heavy (non-hydrogen) atoms. The minimum absolute atomic E-state index is 0.760. The second kappa shape index (κ2) is 5.68. The van der Waals surface area contributed by atoms with Crippen LogP contribution in [-0.2, 0) is 0 Å². The van der Waals surface area contributed by atoms with Gasteiger partial charge in [0.15, 0.2) is 0 Å². The van der Waals surface area contributed by atoms with Crippen LogP contribution >= 0.6 is 0 Å². The van der Waals surface area contributed by atoms with Crippen molar-refractivity contribution in [2.75, 3.05) is 19.6 Å². The Kier molecular flexibility index (Phi) is 4.22. The molecule has 0 bridgehead atoms. The van der Waals surface area contributed by atoms with Crippen LogP contribution in [0.2, 0.25) is 0 Å². The third kappa shape index (κ3) is 3.10. The van der Waals surface area contributed by atoms with Gasteiger partial charge in [-0.15, -0.1) is 0 Å². The summed E-state index contributed by atoms with van der Waals surface area (Å²) < 4.78 is 0. The van der Waals surface area contributed by atoms with Gasteiger partial charge >= 0.3 is 0 Å². The van der Waals surface area contributed by atoms with Gasteiger partial charge in [0.05, 0.1) is 0 Å². The fourth-order valence-electron chi connectivity index (χ4n) is 3.11. The molecule has 1 atom stereocenters. The average molecular weight is 231 g/mol. The fraction of sp³-hybridized carbons (Fsp3) is 0.625. The highest BCUT2D eigenvalue weighted by Crippen LogP contribution is 2.29. The van der Waals surface area contributed by atoms with Crippen molar-refractivity contribution in [1.82, 2.24) is 4.90 Å². The van der Waals surface area contributed by atoms with E-state index in [0.717, 1.165) is 5.92 Å². The molecule has 1 aromatic carbocycles. The van der Waals surface area contributed by atoms with Crippen molar-refractivity contribution in [3.8, 4) is 0 Å². The van der Waals surface area contributed by atoms with Gasteiger partial charge in [-0.1, -0.05) is 30.7 Å². The van der Waals surface area contributed by atoms with E-state index in [1.54, 1.807) is 5.56 Å². The molecule has 0 unspecified atom stereocenters. The Labute approximate surface area is 106 Å². The smallest absolute Gasteiger partial charge is 0.00504 e. The van der Waals surface area contributed by atoms with Crippen LogP contribution in [0.3, 0.4) is 0 Å². The van der Waals surface area contributed by atoms with Gasteiger partial charge < -0.3 is 4.90 Å². The van der Waals surface area contributed by atoms with Crippen LogP contribution in [0, 0.1) is 13.8 Å². The normalized spacial score (nSPS) is 21.7. The van der Waals surface area contributed by atoms with E-state index in [4.69, 9.17) is 0 Å². The Morgan fingerprint density at radius 2 is 2.12 bits per heavy atom. The summed E-state index contributed by atoms with van der Waals surface area (Å²) in [6.07, 6.45) is 4.00. The Morgan fingerprint density at radius 1 is 1.29 bits per heavy atom. The highest BCUT2D eigenvalue weighted by atomic mass is 15.1. The summed E-state index contributed by atoms with van der Waals surface area (Å²) in [5.41, 5.74) is 4.44. The molecule has 0 radical (unpaired) electrons. The predicted molar refractivity (Wildman–Crippen MR) is 74.6 cm³/mol. The maximum absolute atomic E-state index is 2.63. The largest absolute Gasteiger partial charge is 0.303 e. The third-order valence-corrected chi connectivity index (χ3v) is 3.91. The summed E-state index contributed by atoms with van der Waals surface area (Å²) in [6.45, 7) is 10.6. The molecule has 1 heterocycles. The topological polar surface area (TPSA) is 3.24 Å². The number of rotatable bonds is 3. The van der Waals surface area contributed by atoms with E-state index in [-0.39, 0.29) is 0 Å². The van der Waals surface area contributed by atoms with E-state index in [1.165, 1.54) is 50.0 Å². The summed E-state index contributed by atoms with van der Waals surface area (Å²) in [5.74, 6) is 0.760. The molecule has 94 valence electrons. The zero-order valence-electron chi connectivity index (χ0n) is 11.5. The lowest BCUT2D eigenvalue weighted by molar-refractivity contribution is 0.208. The van der Waals surface area contributed by atoms with Crippen LogP contribution in [0.15, 0.2) is 18.2 Å². The van der Waals surface area contributed by atoms with Crippen molar-refractivity contribution >= 4 is 0 Å². The summed E-state index contributed by atoms with van der Waals surface area (Å²) in [6, 6.07) is 6.94. The van der Waals surface area contributed by atoms with Crippen molar-refractivity contribution in [1.29, 1.82) is 0 Å². The molecule has 1 aliphatic heterocycles. The molecular formula is C16H25N. The highest BCUT2D eigenvalue weighted by Gasteiger charge is 2.21. The van der Waals surface area contributed by atoms with Gasteiger partial charge in [-0.05, 0) is 63.2 Å². The van der Waals surface area contributed by atoms with Gasteiger partial charge in [-0.2, -0.15) is 0 Å². The molecule has 1 heteroatoms. The number of piperidine rings is 1. The second-order valence-corrected chi connectivity index (χ2v) is 5.50. The van der Waals surface area contributed by atoms with Crippen LogP contribution < -0.4 is 0 Å². The average Bonchev–Trinajstić information content (AvgIpc) is 2.29. The molecule has 1 fully saturated rings. The number of hydrogen-bond acceptors (Lipinski definition) is 1. The number of benzene rings is 1. The van der Waals surface area contributed by atoms with Gasteiger partial charge in [0.1, 0.15) is 0 Å². The van der Waals surface area contributed by atoms with E-state index in [0.29, 0.717) is 0 Å². The molecule has 0 aliphatic carbocycles. The maximum atomic E-state index is 2.63.